The van der Waals surface area contributed by atoms with E-state index in [0.29, 0.717) is 39.6 Å². The molecule has 8 heteroatoms. The molecule has 0 saturated heterocycles. The number of ketones is 1. The molecule has 0 fully saturated rings. The predicted octanol–water partition coefficient (Wildman–Crippen LogP) is 4.87. The third-order valence-corrected chi connectivity index (χ3v) is 5.72. The number of anilines is 1. The molecule has 1 aromatic carbocycles. The van der Waals surface area contributed by atoms with Crippen LogP contribution in [0.4, 0.5) is 5.95 Å². The maximum absolute atomic E-state index is 12.8. The molecule has 6 nitrogen and oxygen atoms in total. The zero-order chi connectivity index (χ0) is 18.5. The fourth-order valence-corrected chi connectivity index (χ4v) is 4.10. The van der Waals surface area contributed by atoms with Gasteiger partial charge in [-0.3, -0.25) is 4.79 Å². The highest BCUT2D eigenvalue weighted by Crippen LogP contribution is 2.43. The number of benzene rings is 1. The topological polar surface area (TPSA) is 73.0 Å². The van der Waals surface area contributed by atoms with Gasteiger partial charge in [0.2, 0.25) is 11.8 Å². The number of rotatable bonds is 2. The van der Waals surface area contributed by atoms with E-state index in [1.165, 1.54) is 0 Å². The zero-order valence-corrected chi connectivity index (χ0v) is 15.6. The number of halogens is 2. The number of carbonyl (C=O) groups excluding carboxylic acids is 1. The zero-order valence-electron chi connectivity index (χ0n) is 14.1. The Labute approximate surface area is 164 Å². The molecule has 0 bridgehead atoms. The Morgan fingerprint density at radius 3 is 2.89 bits per heavy atom. The first-order valence-corrected chi connectivity index (χ1v) is 9.36. The van der Waals surface area contributed by atoms with E-state index < -0.39 is 6.04 Å². The summed E-state index contributed by atoms with van der Waals surface area (Å²) < 4.78 is 7.12. The fourth-order valence-electron chi connectivity index (χ4n) is 3.69. The number of hydrogen-bond donors (Lipinski definition) is 1. The Kier molecular flexibility index (Phi) is 3.84. The van der Waals surface area contributed by atoms with E-state index in [-0.39, 0.29) is 5.78 Å². The Morgan fingerprint density at radius 2 is 2.07 bits per heavy atom. The van der Waals surface area contributed by atoms with E-state index in [1.807, 2.05) is 12.1 Å². The highest BCUT2D eigenvalue weighted by atomic mass is 35.5. The van der Waals surface area contributed by atoms with Crippen LogP contribution in [0.15, 0.2) is 52.3 Å². The Bertz CT molecular complexity index is 1090. The predicted molar refractivity (Wildman–Crippen MR) is 102 cm³/mol. The van der Waals surface area contributed by atoms with E-state index in [1.54, 1.807) is 29.1 Å². The van der Waals surface area contributed by atoms with Crippen LogP contribution in [0.2, 0.25) is 10.0 Å². The van der Waals surface area contributed by atoms with Gasteiger partial charge >= 0.3 is 0 Å². The first-order chi connectivity index (χ1) is 13.1. The highest BCUT2D eigenvalue weighted by Gasteiger charge is 2.38. The number of furan rings is 1. The van der Waals surface area contributed by atoms with Gasteiger partial charge in [0.05, 0.1) is 16.3 Å². The monoisotopic (exact) mass is 400 g/mol. The average molecular weight is 401 g/mol. The second-order valence-electron chi connectivity index (χ2n) is 6.52. The molecular weight excluding hydrogens is 387 g/mol. The summed E-state index contributed by atoms with van der Waals surface area (Å²) >= 11 is 12.8. The standard InChI is InChI=1S/C19H14Cl2N4O2/c20-11-5-1-4-10(16(11)21)17-15-12(6-2-7-13(15)26)22-19-23-18(24-25(17)19)14-8-3-9-27-14/h1,3-5,8-9,17H,2,6-7H2,(H,22,23,24). The Hall–Kier alpha value is -2.57. The van der Waals surface area contributed by atoms with Crippen LogP contribution < -0.4 is 5.32 Å². The molecule has 1 unspecified atom stereocenters. The number of aromatic nitrogens is 3. The number of Topliss-reactive ketones (excluding diaryl/α,β-unsaturated/α-hetero) is 1. The van der Waals surface area contributed by atoms with Crippen molar-refractivity contribution >= 4 is 34.9 Å². The smallest absolute Gasteiger partial charge is 0.227 e. The molecule has 1 atom stereocenters. The summed E-state index contributed by atoms with van der Waals surface area (Å²) in [5.74, 6) is 1.64. The Balaban J connectivity index is 1.74. The van der Waals surface area contributed by atoms with Crippen LogP contribution in [-0.2, 0) is 4.79 Å². The van der Waals surface area contributed by atoms with E-state index in [0.717, 1.165) is 24.1 Å². The van der Waals surface area contributed by atoms with Crippen LogP contribution in [0, 0.1) is 0 Å². The minimum atomic E-state index is -0.480. The summed E-state index contributed by atoms with van der Waals surface area (Å²) in [5.41, 5.74) is 2.28. The van der Waals surface area contributed by atoms with Crippen LogP contribution in [0.25, 0.3) is 11.6 Å². The summed E-state index contributed by atoms with van der Waals surface area (Å²) in [4.78, 5) is 17.4. The van der Waals surface area contributed by atoms with Gasteiger partial charge in [0.15, 0.2) is 11.5 Å². The molecule has 5 rings (SSSR count). The second kappa shape index (κ2) is 6.25. The average Bonchev–Trinajstić information content (AvgIpc) is 3.32. The van der Waals surface area contributed by atoms with E-state index >= 15 is 0 Å². The van der Waals surface area contributed by atoms with Crippen molar-refractivity contribution in [2.24, 2.45) is 0 Å². The molecule has 1 aliphatic carbocycles. The van der Waals surface area contributed by atoms with Gasteiger partial charge in [-0.05, 0) is 31.0 Å². The number of nitrogens with zero attached hydrogens (tertiary/aromatic N) is 3. The van der Waals surface area contributed by atoms with E-state index in [9.17, 15) is 4.79 Å². The normalized spacial score (nSPS) is 18.9. The van der Waals surface area contributed by atoms with Gasteiger partial charge in [0.1, 0.15) is 6.04 Å². The third-order valence-electron chi connectivity index (χ3n) is 4.89. The number of hydrogen-bond acceptors (Lipinski definition) is 5. The van der Waals surface area contributed by atoms with Crippen molar-refractivity contribution in [1.82, 2.24) is 14.8 Å². The van der Waals surface area contributed by atoms with Crippen molar-refractivity contribution < 1.29 is 9.21 Å². The molecule has 1 N–H and O–H groups in total. The SMILES string of the molecule is O=C1CCCC2=C1C(c1cccc(Cl)c1Cl)n1nc(-c3ccco3)nc1N2. The molecule has 0 radical (unpaired) electrons. The van der Waals surface area contributed by atoms with Crippen molar-refractivity contribution in [3.8, 4) is 11.6 Å². The summed E-state index contributed by atoms with van der Waals surface area (Å²) in [5, 5.41) is 8.73. The van der Waals surface area contributed by atoms with Crippen molar-refractivity contribution in [1.29, 1.82) is 0 Å². The molecule has 2 aromatic heterocycles. The maximum Gasteiger partial charge on any atom is 0.227 e. The summed E-state index contributed by atoms with van der Waals surface area (Å²) in [6, 6.07) is 8.51. The van der Waals surface area contributed by atoms with Gasteiger partial charge in [-0.25, -0.2) is 4.68 Å². The van der Waals surface area contributed by atoms with Crippen LogP contribution in [0.1, 0.15) is 30.9 Å². The highest BCUT2D eigenvalue weighted by molar-refractivity contribution is 6.42. The molecule has 1 aliphatic heterocycles. The molecule has 0 spiro atoms. The maximum atomic E-state index is 12.8. The molecular formula is C19H14Cl2N4O2. The molecule has 136 valence electrons. The van der Waals surface area contributed by atoms with Crippen LogP contribution >= 0.6 is 23.2 Å². The number of carbonyl (C=O) groups is 1. The van der Waals surface area contributed by atoms with Gasteiger partial charge < -0.3 is 9.73 Å². The Morgan fingerprint density at radius 1 is 1.19 bits per heavy atom. The van der Waals surface area contributed by atoms with E-state index in [4.69, 9.17) is 27.6 Å². The lowest BCUT2D eigenvalue weighted by Gasteiger charge is -2.32. The molecule has 27 heavy (non-hydrogen) atoms. The van der Waals surface area contributed by atoms with Gasteiger partial charge in [0.25, 0.3) is 0 Å². The summed E-state index contributed by atoms with van der Waals surface area (Å²) in [6.07, 6.45) is 3.66. The first-order valence-electron chi connectivity index (χ1n) is 8.61. The quantitative estimate of drug-likeness (QED) is 0.664. The van der Waals surface area contributed by atoms with E-state index in [2.05, 4.69) is 15.4 Å². The lowest BCUT2D eigenvalue weighted by atomic mass is 9.85. The minimum absolute atomic E-state index is 0.0884. The van der Waals surface area contributed by atoms with Gasteiger partial charge in [-0.15, -0.1) is 5.10 Å². The van der Waals surface area contributed by atoms with Crippen molar-refractivity contribution in [2.45, 2.75) is 25.3 Å². The molecule has 3 aromatic rings. The van der Waals surface area contributed by atoms with Crippen molar-refractivity contribution in [2.75, 3.05) is 5.32 Å². The first kappa shape index (κ1) is 16.6. The van der Waals surface area contributed by atoms with Crippen LogP contribution in [0.3, 0.4) is 0 Å². The van der Waals surface area contributed by atoms with Gasteiger partial charge in [-0.2, -0.15) is 4.98 Å². The third kappa shape index (κ3) is 2.59. The number of allylic oxidation sites excluding steroid dienone is 2. The van der Waals surface area contributed by atoms with Crippen molar-refractivity contribution in [3.63, 3.8) is 0 Å². The lowest BCUT2D eigenvalue weighted by molar-refractivity contribution is -0.116. The van der Waals surface area contributed by atoms with Crippen LogP contribution in [0.5, 0.6) is 0 Å². The molecule has 0 saturated carbocycles. The minimum Gasteiger partial charge on any atom is -0.461 e. The summed E-state index contributed by atoms with van der Waals surface area (Å²) in [6.45, 7) is 0. The van der Waals surface area contributed by atoms with Gasteiger partial charge in [0, 0.05) is 23.3 Å². The molecule has 2 aliphatic rings. The molecule has 0 amide bonds. The van der Waals surface area contributed by atoms with Crippen molar-refractivity contribution in [3.05, 3.63) is 63.5 Å². The largest absolute Gasteiger partial charge is 0.461 e. The van der Waals surface area contributed by atoms with Gasteiger partial charge in [-0.1, -0.05) is 35.3 Å². The summed E-state index contributed by atoms with van der Waals surface area (Å²) in [7, 11) is 0. The lowest BCUT2D eigenvalue weighted by Crippen LogP contribution is -2.31. The fraction of sp³-hybridized carbons (Fsp3) is 0.211. The molecule has 3 heterocycles. The number of nitrogens with one attached hydrogen (secondary N) is 1. The van der Waals surface area contributed by atoms with Crippen LogP contribution in [-0.4, -0.2) is 20.5 Å². The number of fused-ring (bicyclic) bond motifs is 1. The second-order valence-corrected chi connectivity index (χ2v) is 7.31.